The molecule has 0 aliphatic carbocycles. The fourth-order valence-electron chi connectivity index (χ4n) is 1.72. The summed E-state index contributed by atoms with van der Waals surface area (Å²) in [6.07, 6.45) is 0.972. The molecule has 2 N–H and O–H groups in total. The number of carbonyl (C=O) groups is 1. The number of nitrogens with two attached hydrogens (primary N) is 1. The fraction of sp³-hybridized carbons (Fsp3) is 0.143. The summed E-state index contributed by atoms with van der Waals surface area (Å²) in [7, 11) is 3.14. The first kappa shape index (κ1) is 13.8. The number of ether oxygens (including phenoxy) is 1. The maximum Gasteiger partial charge on any atom is 0.261 e. The predicted molar refractivity (Wildman–Crippen MR) is 74.3 cm³/mol. The second kappa shape index (κ2) is 5.56. The van der Waals surface area contributed by atoms with Gasteiger partial charge in [0.2, 0.25) is 0 Å². The number of pyridine rings is 1. The molecule has 2 rings (SSSR count). The number of carbonyl (C=O) groups excluding carboxylic acids is 1. The lowest BCUT2D eigenvalue weighted by atomic mass is 10.2. The second-order valence-electron chi connectivity index (χ2n) is 4.15. The van der Waals surface area contributed by atoms with E-state index in [0.29, 0.717) is 11.4 Å². The van der Waals surface area contributed by atoms with Crippen LogP contribution in [0.25, 0.3) is 0 Å². The van der Waals surface area contributed by atoms with Crippen molar-refractivity contribution in [3.8, 4) is 5.75 Å². The summed E-state index contributed by atoms with van der Waals surface area (Å²) >= 11 is 0. The molecule has 1 aromatic carbocycles. The molecule has 1 heterocycles. The highest BCUT2D eigenvalue weighted by Crippen LogP contribution is 2.21. The van der Waals surface area contributed by atoms with Crippen LogP contribution in [-0.2, 0) is 0 Å². The number of halogens is 1. The highest BCUT2D eigenvalue weighted by atomic mass is 19.1. The summed E-state index contributed by atoms with van der Waals surface area (Å²) in [5.74, 6) is -0.358. The van der Waals surface area contributed by atoms with E-state index in [-0.39, 0.29) is 11.4 Å². The highest BCUT2D eigenvalue weighted by molar-refractivity contribution is 6.08. The molecule has 0 saturated heterocycles. The van der Waals surface area contributed by atoms with Crippen LogP contribution in [0.1, 0.15) is 10.4 Å². The third-order valence-corrected chi connectivity index (χ3v) is 2.88. The molecule has 0 aliphatic heterocycles. The summed E-state index contributed by atoms with van der Waals surface area (Å²) < 4.78 is 18.2. The normalized spacial score (nSPS) is 10.2. The quantitative estimate of drug-likeness (QED) is 0.931. The van der Waals surface area contributed by atoms with Gasteiger partial charge in [-0.05, 0) is 30.3 Å². The Balaban J connectivity index is 2.29. The molecule has 1 aromatic heterocycles. The summed E-state index contributed by atoms with van der Waals surface area (Å²) in [4.78, 5) is 17.3. The van der Waals surface area contributed by atoms with E-state index in [1.807, 2.05) is 0 Å². The van der Waals surface area contributed by atoms with E-state index < -0.39 is 11.7 Å². The number of nitrogens with zero attached hydrogens (tertiary/aromatic N) is 2. The Hall–Kier alpha value is -2.63. The topological polar surface area (TPSA) is 68.5 Å². The molecule has 0 spiro atoms. The van der Waals surface area contributed by atoms with Crippen LogP contribution in [0.4, 0.5) is 15.9 Å². The van der Waals surface area contributed by atoms with Crippen LogP contribution in [-0.4, -0.2) is 25.0 Å². The number of anilines is 2. The average molecular weight is 275 g/mol. The number of benzene rings is 1. The van der Waals surface area contributed by atoms with Crippen LogP contribution in [0.2, 0.25) is 0 Å². The number of aromatic nitrogens is 1. The zero-order chi connectivity index (χ0) is 14.7. The predicted octanol–water partition coefficient (Wildman–Crippen LogP) is 2.09. The Labute approximate surface area is 115 Å². The Bertz CT molecular complexity index is 629. The summed E-state index contributed by atoms with van der Waals surface area (Å²) in [5, 5.41) is 0. The maximum absolute atomic E-state index is 13.2. The van der Waals surface area contributed by atoms with E-state index in [4.69, 9.17) is 10.5 Å². The van der Waals surface area contributed by atoms with Crippen molar-refractivity contribution in [1.82, 2.24) is 4.98 Å². The van der Waals surface area contributed by atoms with Gasteiger partial charge in [0, 0.05) is 12.7 Å². The molecule has 0 saturated carbocycles. The molecule has 0 fully saturated rings. The molecule has 6 heteroatoms. The molecule has 0 radical (unpaired) electrons. The van der Waals surface area contributed by atoms with Crippen molar-refractivity contribution in [2.45, 2.75) is 0 Å². The fourth-order valence-corrected chi connectivity index (χ4v) is 1.72. The van der Waals surface area contributed by atoms with Gasteiger partial charge in [-0.3, -0.25) is 4.79 Å². The lowest BCUT2D eigenvalue weighted by Gasteiger charge is -2.18. The standard InChI is InChI=1S/C14H14FN3O2/c1-18(10-3-5-11(20-2)6-4-10)14(19)12-7-9(15)8-17-13(12)16/h3-8H,1-2H3,(H2,16,17). The smallest absolute Gasteiger partial charge is 0.261 e. The van der Waals surface area contributed by atoms with Crippen molar-refractivity contribution in [3.63, 3.8) is 0 Å². The van der Waals surface area contributed by atoms with Gasteiger partial charge >= 0.3 is 0 Å². The van der Waals surface area contributed by atoms with Crippen LogP contribution in [0.3, 0.4) is 0 Å². The number of amides is 1. The largest absolute Gasteiger partial charge is 0.497 e. The van der Waals surface area contributed by atoms with Gasteiger partial charge in [-0.1, -0.05) is 0 Å². The van der Waals surface area contributed by atoms with E-state index in [1.54, 1.807) is 38.4 Å². The third kappa shape index (κ3) is 2.69. The van der Waals surface area contributed by atoms with Gasteiger partial charge in [0.05, 0.1) is 18.9 Å². The minimum atomic E-state index is -0.606. The summed E-state index contributed by atoms with van der Waals surface area (Å²) in [6, 6.07) is 7.97. The molecule has 104 valence electrons. The van der Waals surface area contributed by atoms with Gasteiger partial charge in [-0.15, -0.1) is 0 Å². The van der Waals surface area contributed by atoms with Crippen molar-refractivity contribution in [1.29, 1.82) is 0 Å². The lowest BCUT2D eigenvalue weighted by Crippen LogP contribution is -2.27. The van der Waals surface area contributed by atoms with Crippen molar-refractivity contribution in [2.24, 2.45) is 0 Å². The van der Waals surface area contributed by atoms with E-state index in [0.717, 1.165) is 12.3 Å². The Morgan fingerprint density at radius 2 is 2.00 bits per heavy atom. The lowest BCUT2D eigenvalue weighted by molar-refractivity contribution is 0.0993. The average Bonchev–Trinajstić information content (AvgIpc) is 2.48. The van der Waals surface area contributed by atoms with E-state index in [9.17, 15) is 9.18 Å². The minimum Gasteiger partial charge on any atom is -0.497 e. The van der Waals surface area contributed by atoms with Crippen LogP contribution < -0.4 is 15.4 Å². The van der Waals surface area contributed by atoms with Gasteiger partial charge in [-0.2, -0.15) is 0 Å². The summed E-state index contributed by atoms with van der Waals surface area (Å²) in [5.41, 5.74) is 6.28. The molecule has 0 unspecified atom stereocenters. The molecular weight excluding hydrogens is 261 g/mol. The van der Waals surface area contributed by atoms with Crippen LogP contribution in [0.15, 0.2) is 36.5 Å². The second-order valence-corrected chi connectivity index (χ2v) is 4.15. The number of methoxy groups -OCH3 is 1. The van der Waals surface area contributed by atoms with Crippen LogP contribution in [0.5, 0.6) is 5.75 Å². The molecule has 20 heavy (non-hydrogen) atoms. The van der Waals surface area contributed by atoms with E-state index >= 15 is 0 Å². The molecule has 1 amide bonds. The first-order chi connectivity index (χ1) is 9.52. The molecule has 5 nitrogen and oxygen atoms in total. The molecule has 2 aromatic rings. The van der Waals surface area contributed by atoms with Gasteiger partial charge in [-0.25, -0.2) is 9.37 Å². The van der Waals surface area contributed by atoms with Crippen LogP contribution >= 0.6 is 0 Å². The minimum absolute atomic E-state index is 0.00300. The van der Waals surface area contributed by atoms with Crippen molar-refractivity contribution in [3.05, 3.63) is 47.9 Å². The van der Waals surface area contributed by atoms with Gasteiger partial charge < -0.3 is 15.4 Å². The Morgan fingerprint density at radius 3 is 2.60 bits per heavy atom. The summed E-state index contributed by atoms with van der Waals surface area (Å²) in [6.45, 7) is 0. The monoisotopic (exact) mass is 275 g/mol. The zero-order valence-corrected chi connectivity index (χ0v) is 11.1. The molecule has 0 aliphatic rings. The SMILES string of the molecule is COc1ccc(N(C)C(=O)c2cc(F)cnc2N)cc1. The van der Waals surface area contributed by atoms with Gasteiger partial charge in [0.25, 0.3) is 5.91 Å². The third-order valence-electron chi connectivity index (χ3n) is 2.88. The van der Waals surface area contributed by atoms with Crippen molar-refractivity contribution < 1.29 is 13.9 Å². The Morgan fingerprint density at radius 1 is 1.35 bits per heavy atom. The number of rotatable bonds is 3. The first-order valence-corrected chi connectivity index (χ1v) is 5.86. The van der Waals surface area contributed by atoms with Crippen molar-refractivity contribution in [2.75, 3.05) is 24.8 Å². The van der Waals surface area contributed by atoms with Crippen LogP contribution in [0, 0.1) is 5.82 Å². The maximum atomic E-state index is 13.2. The first-order valence-electron chi connectivity index (χ1n) is 5.86. The zero-order valence-electron chi connectivity index (χ0n) is 11.1. The number of hydrogen-bond donors (Lipinski definition) is 1. The van der Waals surface area contributed by atoms with E-state index in [1.165, 1.54) is 4.90 Å². The number of nitrogen functional groups attached to an aromatic ring is 1. The molecule has 0 atom stereocenters. The Kier molecular flexibility index (Phi) is 3.84. The van der Waals surface area contributed by atoms with E-state index in [2.05, 4.69) is 4.98 Å². The highest BCUT2D eigenvalue weighted by Gasteiger charge is 2.17. The molecule has 0 bridgehead atoms. The van der Waals surface area contributed by atoms with Gasteiger partial charge in [0.1, 0.15) is 17.4 Å². The molecular formula is C14H14FN3O2. The van der Waals surface area contributed by atoms with Gasteiger partial charge in [0.15, 0.2) is 0 Å². The number of hydrogen-bond acceptors (Lipinski definition) is 4. The van der Waals surface area contributed by atoms with Crippen molar-refractivity contribution >= 4 is 17.4 Å².